The van der Waals surface area contributed by atoms with Gasteiger partial charge in [-0.05, 0) is 12.1 Å². The molecular formula is C12H12N2O4. The highest BCUT2D eigenvalue weighted by molar-refractivity contribution is 6.09. The molecule has 1 aromatic rings. The lowest BCUT2D eigenvalue weighted by Crippen LogP contribution is -2.55. The van der Waals surface area contributed by atoms with E-state index in [-0.39, 0.29) is 17.5 Å². The minimum absolute atomic E-state index is 0.116. The fourth-order valence-corrected chi connectivity index (χ4v) is 2.40. The second-order valence-corrected chi connectivity index (χ2v) is 4.28. The summed E-state index contributed by atoms with van der Waals surface area (Å²) in [6.07, 6.45) is 0. The third-order valence-electron chi connectivity index (χ3n) is 3.26. The molecule has 1 fully saturated rings. The van der Waals surface area contributed by atoms with Crippen LogP contribution in [0.3, 0.4) is 0 Å². The van der Waals surface area contributed by atoms with E-state index >= 15 is 0 Å². The molecule has 18 heavy (non-hydrogen) atoms. The van der Waals surface area contributed by atoms with Crippen molar-refractivity contribution in [3.8, 4) is 0 Å². The summed E-state index contributed by atoms with van der Waals surface area (Å²) in [4.78, 5) is 25.0. The van der Waals surface area contributed by atoms with Crippen molar-refractivity contribution in [2.45, 2.75) is 6.04 Å². The van der Waals surface area contributed by atoms with Crippen molar-refractivity contribution in [1.29, 1.82) is 0 Å². The molecule has 0 spiro atoms. The quantitative estimate of drug-likeness (QED) is 0.758. The minimum Gasteiger partial charge on any atom is -0.478 e. The Hall–Kier alpha value is -2.08. The lowest BCUT2D eigenvalue weighted by atomic mass is 10.0. The first kappa shape index (κ1) is 11.0. The second-order valence-electron chi connectivity index (χ2n) is 4.28. The van der Waals surface area contributed by atoms with E-state index < -0.39 is 5.97 Å². The first-order valence-corrected chi connectivity index (χ1v) is 5.70. The fourth-order valence-electron chi connectivity index (χ4n) is 2.40. The average Bonchev–Trinajstić information content (AvgIpc) is 2.38. The number of fused-ring (bicyclic) bond motifs is 3. The number of rotatable bonds is 1. The zero-order chi connectivity index (χ0) is 12.7. The number of nitrogens with one attached hydrogen (secondary N) is 1. The molecule has 1 saturated heterocycles. The molecule has 2 N–H and O–H groups in total. The number of benzene rings is 1. The van der Waals surface area contributed by atoms with E-state index in [1.54, 1.807) is 6.07 Å². The number of carbonyl (C=O) groups is 2. The van der Waals surface area contributed by atoms with Crippen molar-refractivity contribution in [1.82, 2.24) is 0 Å². The molecule has 2 aliphatic rings. The van der Waals surface area contributed by atoms with E-state index in [1.807, 2.05) is 11.0 Å². The van der Waals surface area contributed by atoms with Gasteiger partial charge in [-0.2, -0.15) is 0 Å². The monoisotopic (exact) mass is 248 g/mol. The van der Waals surface area contributed by atoms with Crippen LogP contribution >= 0.6 is 0 Å². The van der Waals surface area contributed by atoms with Gasteiger partial charge in [0, 0.05) is 6.54 Å². The van der Waals surface area contributed by atoms with E-state index in [4.69, 9.17) is 9.84 Å². The van der Waals surface area contributed by atoms with Gasteiger partial charge in [-0.25, -0.2) is 4.79 Å². The van der Waals surface area contributed by atoms with Crippen LogP contribution in [0.25, 0.3) is 0 Å². The van der Waals surface area contributed by atoms with Crippen molar-refractivity contribution < 1.29 is 19.4 Å². The minimum atomic E-state index is -1.04. The van der Waals surface area contributed by atoms with Crippen molar-refractivity contribution in [3.63, 3.8) is 0 Å². The topological polar surface area (TPSA) is 78.9 Å². The van der Waals surface area contributed by atoms with Crippen LogP contribution in [0.5, 0.6) is 0 Å². The number of ether oxygens (including phenoxy) is 1. The summed E-state index contributed by atoms with van der Waals surface area (Å²) in [5.41, 5.74) is 1.25. The van der Waals surface area contributed by atoms with Gasteiger partial charge in [-0.3, -0.25) is 4.79 Å². The Morgan fingerprint density at radius 2 is 2.33 bits per heavy atom. The molecule has 3 rings (SSSR count). The molecule has 0 radical (unpaired) electrons. The molecule has 94 valence electrons. The summed E-state index contributed by atoms with van der Waals surface area (Å²) < 4.78 is 5.28. The maximum absolute atomic E-state index is 11.9. The lowest BCUT2D eigenvalue weighted by Gasteiger charge is -2.41. The zero-order valence-corrected chi connectivity index (χ0v) is 9.55. The van der Waals surface area contributed by atoms with Crippen molar-refractivity contribution >= 4 is 23.3 Å². The number of aromatic carboxylic acids is 1. The molecule has 6 heteroatoms. The summed E-state index contributed by atoms with van der Waals surface area (Å²) >= 11 is 0. The molecule has 1 aromatic carbocycles. The standard InChI is InChI=1S/C12H12N2O4/c15-11-9-6-18-5-4-14(9)8-3-1-2-7(12(16)17)10(8)13-11/h1-3,9H,4-6H2,(H,13,15)(H,16,17). The smallest absolute Gasteiger partial charge is 0.337 e. The molecule has 1 atom stereocenters. The van der Waals surface area contributed by atoms with Gasteiger partial charge in [0.15, 0.2) is 0 Å². The highest BCUT2D eigenvalue weighted by Gasteiger charge is 2.36. The van der Waals surface area contributed by atoms with Crippen LogP contribution in [-0.4, -0.2) is 42.8 Å². The first-order valence-electron chi connectivity index (χ1n) is 5.70. The van der Waals surface area contributed by atoms with Gasteiger partial charge in [0.1, 0.15) is 6.04 Å². The summed E-state index contributed by atoms with van der Waals surface area (Å²) in [6, 6.07) is 4.63. The number of morpholine rings is 1. The average molecular weight is 248 g/mol. The first-order chi connectivity index (χ1) is 8.68. The molecule has 2 aliphatic heterocycles. The summed E-state index contributed by atoms with van der Waals surface area (Å²) in [5, 5.41) is 11.8. The molecular weight excluding hydrogens is 236 g/mol. The van der Waals surface area contributed by atoms with Gasteiger partial charge in [0.05, 0.1) is 30.2 Å². The van der Waals surface area contributed by atoms with Gasteiger partial charge in [-0.15, -0.1) is 0 Å². The number of anilines is 2. The predicted molar refractivity (Wildman–Crippen MR) is 64.0 cm³/mol. The number of amides is 1. The van der Waals surface area contributed by atoms with Crippen LogP contribution < -0.4 is 10.2 Å². The summed E-state index contributed by atoms with van der Waals surface area (Å²) in [6.45, 7) is 1.47. The highest BCUT2D eigenvalue weighted by atomic mass is 16.5. The number of carbonyl (C=O) groups excluding carboxylic acids is 1. The van der Waals surface area contributed by atoms with Gasteiger partial charge in [-0.1, -0.05) is 6.07 Å². The second kappa shape index (κ2) is 3.99. The molecule has 1 unspecified atom stereocenters. The number of hydrogen-bond donors (Lipinski definition) is 2. The Morgan fingerprint density at radius 1 is 1.50 bits per heavy atom. The van der Waals surface area contributed by atoms with Crippen molar-refractivity contribution in [3.05, 3.63) is 23.8 Å². The number of carboxylic acid groups (broad SMARTS) is 1. The van der Waals surface area contributed by atoms with Crippen LogP contribution in [0.1, 0.15) is 10.4 Å². The number of para-hydroxylation sites is 1. The van der Waals surface area contributed by atoms with Crippen LogP contribution in [0.4, 0.5) is 11.4 Å². The largest absolute Gasteiger partial charge is 0.478 e. The fraction of sp³-hybridized carbons (Fsp3) is 0.333. The van der Waals surface area contributed by atoms with E-state index in [0.29, 0.717) is 25.4 Å². The Bertz CT molecular complexity index is 529. The Kier molecular flexibility index (Phi) is 2.45. The van der Waals surface area contributed by atoms with E-state index in [0.717, 1.165) is 5.69 Å². The SMILES string of the molecule is O=C(O)c1cccc2c1NC(=O)C1COCCN21. The lowest BCUT2D eigenvalue weighted by molar-refractivity contribution is -0.119. The zero-order valence-electron chi connectivity index (χ0n) is 9.55. The van der Waals surface area contributed by atoms with Crippen LogP contribution in [0.2, 0.25) is 0 Å². The summed E-state index contributed by atoms with van der Waals surface area (Å²) in [7, 11) is 0. The van der Waals surface area contributed by atoms with E-state index in [2.05, 4.69) is 5.32 Å². The molecule has 1 amide bonds. The third-order valence-corrected chi connectivity index (χ3v) is 3.26. The normalized spacial score (nSPS) is 21.9. The molecule has 0 aliphatic carbocycles. The third kappa shape index (κ3) is 1.53. The van der Waals surface area contributed by atoms with Gasteiger partial charge >= 0.3 is 5.97 Å². The maximum atomic E-state index is 11.9. The predicted octanol–water partition coefficient (Wildman–Crippen LogP) is 0.542. The number of nitrogens with zero attached hydrogens (tertiary/aromatic N) is 1. The van der Waals surface area contributed by atoms with Gasteiger partial charge in [0.2, 0.25) is 5.91 Å². The molecule has 0 saturated carbocycles. The number of carboxylic acids is 1. The van der Waals surface area contributed by atoms with Crippen molar-refractivity contribution in [2.24, 2.45) is 0 Å². The van der Waals surface area contributed by atoms with Crippen LogP contribution in [-0.2, 0) is 9.53 Å². The van der Waals surface area contributed by atoms with E-state index in [9.17, 15) is 9.59 Å². The molecule has 6 nitrogen and oxygen atoms in total. The molecule has 2 heterocycles. The Labute approximate surface area is 103 Å². The maximum Gasteiger partial charge on any atom is 0.337 e. The number of hydrogen-bond acceptors (Lipinski definition) is 4. The van der Waals surface area contributed by atoms with E-state index in [1.165, 1.54) is 6.07 Å². The summed E-state index contributed by atoms with van der Waals surface area (Å²) in [5.74, 6) is -1.25. The van der Waals surface area contributed by atoms with Gasteiger partial charge in [0.25, 0.3) is 0 Å². The molecule has 0 bridgehead atoms. The van der Waals surface area contributed by atoms with Crippen LogP contribution in [0.15, 0.2) is 18.2 Å². The Morgan fingerprint density at radius 3 is 3.11 bits per heavy atom. The van der Waals surface area contributed by atoms with Gasteiger partial charge < -0.3 is 20.1 Å². The Balaban J connectivity index is 2.12. The van der Waals surface area contributed by atoms with Crippen LogP contribution in [0, 0.1) is 0 Å². The molecule has 0 aromatic heterocycles. The van der Waals surface area contributed by atoms with Crippen molar-refractivity contribution in [2.75, 3.05) is 30.0 Å². The highest BCUT2D eigenvalue weighted by Crippen LogP contribution is 2.35.